The Morgan fingerprint density at radius 3 is 2.35 bits per heavy atom. The van der Waals surface area contributed by atoms with E-state index in [1.807, 2.05) is 18.2 Å². The van der Waals surface area contributed by atoms with E-state index < -0.39 is 12.0 Å². The lowest BCUT2D eigenvalue weighted by atomic mass is 9.90. The first-order valence-electron chi connectivity index (χ1n) is 8.27. The van der Waals surface area contributed by atoms with E-state index in [4.69, 9.17) is 0 Å². The van der Waals surface area contributed by atoms with Gasteiger partial charge in [0.25, 0.3) is 0 Å². The molecule has 0 spiro atoms. The highest BCUT2D eigenvalue weighted by Crippen LogP contribution is 2.21. The molecule has 1 aromatic carbocycles. The second-order valence-electron chi connectivity index (χ2n) is 6.61. The topological polar surface area (TPSA) is 72.5 Å². The van der Waals surface area contributed by atoms with Crippen molar-refractivity contribution in [2.45, 2.75) is 39.2 Å². The van der Waals surface area contributed by atoms with Crippen molar-refractivity contribution in [3.8, 4) is 0 Å². The Bertz CT molecular complexity index is 522. The Morgan fingerprint density at radius 2 is 1.83 bits per heavy atom. The van der Waals surface area contributed by atoms with Crippen LogP contribution in [0.25, 0.3) is 0 Å². The van der Waals surface area contributed by atoms with Gasteiger partial charge in [0.2, 0.25) is 0 Å². The molecule has 126 valence electrons. The van der Waals surface area contributed by atoms with Crippen LogP contribution >= 0.6 is 0 Å². The fraction of sp³-hybridized carbons (Fsp3) is 0.556. The molecule has 1 aliphatic rings. The molecule has 0 unspecified atom stereocenters. The molecule has 1 fully saturated rings. The van der Waals surface area contributed by atoms with E-state index in [0.717, 1.165) is 19.3 Å². The van der Waals surface area contributed by atoms with Crippen LogP contribution in [0.15, 0.2) is 30.3 Å². The average molecular weight is 317 g/mol. The second kappa shape index (κ2) is 7.99. The number of piperidine rings is 1. The molecule has 0 aliphatic carbocycles. The van der Waals surface area contributed by atoms with Crippen LogP contribution in [0.3, 0.4) is 0 Å². The van der Waals surface area contributed by atoms with Gasteiger partial charge in [0, 0.05) is 13.1 Å². The van der Waals surface area contributed by atoms with Crippen LogP contribution in [-0.2, 0) is 11.2 Å². The Hall–Kier alpha value is -2.04. The van der Waals surface area contributed by atoms with E-state index in [9.17, 15) is 14.7 Å². The van der Waals surface area contributed by atoms with E-state index in [1.54, 1.807) is 18.7 Å². The van der Waals surface area contributed by atoms with Crippen molar-refractivity contribution in [1.29, 1.82) is 0 Å². The van der Waals surface area contributed by atoms with Gasteiger partial charge in [-0.15, -0.1) is 0 Å². The molecule has 1 N–H and O–H groups in total. The van der Waals surface area contributed by atoms with Crippen molar-refractivity contribution in [3.05, 3.63) is 35.9 Å². The van der Waals surface area contributed by atoms with Crippen molar-refractivity contribution < 1.29 is 14.7 Å². The summed E-state index contributed by atoms with van der Waals surface area (Å²) in [5, 5.41) is 13.6. The lowest BCUT2D eigenvalue weighted by molar-refractivity contribution is -0.309. The van der Waals surface area contributed by atoms with Crippen LogP contribution in [-0.4, -0.2) is 36.0 Å². The Labute approximate surface area is 137 Å². The van der Waals surface area contributed by atoms with Crippen LogP contribution < -0.4 is 10.4 Å². The second-order valence-corrected chi connectivity index (χ2v) is 6.61. The minimum absolute atomic E-state index is 0.195. The summed E-state index contributed by atoms with van der Waals surface area (Å²) in [7, 11) is 0. The Kier molecular flexibility index (Phi) is 6.02. The summed E-state index contributed by atoms with van der Waals surface area (Å²) in [6.45, 7) is 4.85. The zero-order chi connectivity index (χ0) is 16.8. The lowest BCUT2D eigenvalue weighted by Crippen LogP contribution is -2.55. The molecule has 5 nitrogen and oxygen atoms in total. The number of rotatable bonds is 5. The quantitative estimate of drug-likeness (QED) is 0.893. The fourth-order valence-electron chi connectivity index (χ4n) is 3.01. The molecule has 0 bridgehead atoms. The zero-order valence-corrected chi connectivity index (χ0v) is 13.8. The first-order chi connectivity index (χ1) is 11.0. The number of hydrogen-bond acceptors (Lipinski definition) is 3. The molecule has 2 rings (SSSR count). The average Bonchev–Trinajstić information content (AvgIpc) is 2.53. The summed E-state index contributed by atoms with van der Waals surface area (Å²) in [6, 6.07) is 9.13. The fourth-order valence-corrected chi connectivity index (χ4v) is 3.01. The number of hydrogen-bond donors (Lipinski definition) is 1. The SMILES string of the molecule is CC(C)[C@H](NC(=O)N1CCC(Cc2ccccc2)CC1)C(=O)[O-]. The van der Waals surface area contributed by atoms with Gasteiger partial charge in [-0.25, -0.2) is 4.79 Å². The smallest absolute Gasteiger partial charge is 0.317 e. The number of likely N-dealkylation sites (tertiary alicyclic amines) is 1. The first kappa shape index (κ1) is 17.3. The van der Waals surface area contributed by atoms with Gasteiger partial charge in [-0.3, -0.25) is 0 Å². The van der Waals surface area contributed by atoms with Gasteiger partial charge in [0.1, 0.15) is 0 Å². The number of urea groups is 1. The van der Waals surface area contributed by atoms with Gasteiger partial charge in [-0.05, 0) is 36.7 Å². The standard InChI is InChI=1S/C18H26N2O3/c1-13(2)16(17(21)22)19-18(23)20-10-8-15(9-11-20)12-14-6-4-3-5-7-14/h3-7,13,15-16H,8-12H2,1-2H3,(H,19,23)(H,21,22)/p-1/t16-/m0/s1. The molecule has 1 atom stereocenters. The van der Waals surface area contributed by atoms with E-state index in [-0.39, 0.29) is 11.9 Å². The summed E-state index contributed by atoms with van der Waals surface area (Å²) in [4.78, 5) is 25.0. The summed E-state index contributed by atoms with van der Waals surface area (Å²) >= 11 is 0. The monoisotopic (exact) mass is 317 g/mol. The van der Waals surface area contributed by atoms with Gasteiger partial charge in [-0.1, -0.05) is 44.2 Å². The van der Waals surface area contributed by atoms with Crippen LogP contribution in [0.5, 0.6) is 0 Å². The molecule has 2 amide bonds. The van der Waals surface area contributed by atoms with Crippen LogP contribution in [0.4, 0.5) is 4.79 Å². The van der Waals surface area contributed by atoms with E-state index in [1.165, 1.54) is 5.56 Å². The molecular formula is C18H25N2O3-. The maximum atomic E-state index is 12.2. The highest BCUT2D eigenvalue weighted by Gasteiger charge is 2.25. The number of amides is 2. The molecule has 1 heterocycles. The van der Waals surface area contributed by atoms with Crippen molar-refractivity contribution in [2.24, 2.45) is 11.8 Å². The third-order valence-electron chi connectivity index (χ3n) is 4.47. The number of carboxylic acids is 1. The third-order valence-corrected chi connectivity index (χ3v) is 4.47. The number of aliphatic carboxylic acids is 1. The van der Waals surface area contributed by atoms with Crippen LogP contribution in [0.1, 0.15) is 32.3 Å². The maximum Gasteiger partial charge on any atom is 0.317 e. The van der Waals surface area contributed by atoms with Crippen LogP contribution in [0, 0.1) is 11.8 Å². The van der Waals surface area contributed by atoms with Crippen LogP contribution in [0.2, 0.25) is 0 Å². The van der Waals surface area contributed by atoms with Crippen molar-refractivity contribution in [1.82, 2.24) is 10.2 Å². The van der Waals surface area contributed by atoms with Crippen molar-refractivity contribution in [2.75, 3.05) is 13.1 Å². The van der Waals surface area contributed by atoms with E-state index >= 15 is 0 Å². The molecule has 5 heteroatoms. The molecule has 0 radical (unpaired) electrons. The number of benzene rings is 1. The third kappa shape index (κ3) is 4.98. The number of carbonyl (C=O) groups excluding carboxylic acids is 2. The largest absolute Gasteiger partial charge is 0.548 e. The van der Waals surface area contributed by atoms with Gasteiger partial charge in [0.05, 0.1) is 12.0 Å². The highest BCUT2D eigenvalue weighted by molar-refractivity contribution is 5.81. The van der Waals surface area contributed by atoms with E-state index in [0.29, 0.717) is 19.0 Å². The molecule has 23 heavy (non-hydrogen) atoms. The van der Waals surface area contributed by atoms with Gasteiger partial charge >= 0.3 is 6.03 Å². The van der Waals surface area contributed by atoms with Crippen molar-refractivity contribution in [3.63, 3.8) is 0 Å². The molecule has 1 saturated heterocycles. The number of carbonyl (C=O) groups is 2. The molecule has 1 aliphatic heterocycles. The first-order valence-corrected chi connectivity index (χ1v) is 8.27. The summed E-state index contributed by atoms with van der Waals surface area (Å²) in [5.41, 5.74) is 1.33. The number of nitrogens with one attached hydrogen (secondary N) is 1. The van der Waals surface area contributed by atoms with Crippen molar-refractivity contribution >= 4 is 12.0 Å². The van der Waals surface area contributed by atoms with Gasteiger partial charge in [0.15, 0.2) is 0 Å². The predicted molar refractivity (Wildman–Crippen MR) is 86.6 cm³/mol. The van der Waals surface area contributed by atoms with Gasteiger partial charge < -0.3 is 20.1 Å². The normalized spacial score (nSPS) is 17.1. The minimum Gasteiger partial charge on any atom is -0.548 e. The minimum atomic E-state index is -1.23. The molecule has 1 aromatic rings. The molecular weight excluding hydrogens is 292 g/mol. The maximum absolute atomic E-state index is 12.2. The van der Waals surface area contributed by atoms with Gasteiger partial charge in [-0.2, -0.15) is 0 Å². The summed E-state index contributed by atoms with van der Waals surface area (Å²) in [6.07, 6.45) is 2.92. The number of nitrogens with zero attached hydrogens (tertiary/aromatic N) is 1. The summed E-state index contributed by atoms with van der Waals surface area (Å²) in [5.74, 6) is -0.852. The Balaban J connectivity index is 1.81. The Morgan fingerprint density at radius 1 is 1.22 bits per heavy atom. The molecule has 0 saturated carbocycles. The highest BCUT2D eigenvalue weighted by atomic mass is 16.4. The molecule has 0 aromatic heterocycles. The zero-order valence-electron chi connectivity index (χ0n) is 13.8. The summed E-state index contributed by atoms with van der Waals surface area (Å²) < 4.78 is 0. The predicted octanol–water partition coefficient (Wildman–Crippen LogP) is 1.43. The number of carboxylic acid groups (broad SMARTS) is 1. The van der Waals surface area contributed by atoms with E-state index in [2.05, 4.69) is 17.4 Å². The lowest BCUT2D eigenvalue weighted by Gasteiger charge is -2.34.